The third-order valence-corrected chi connectivity index (χ3v) is 3.32. The summed E-state index contributed by atoms with van der Waals surface area (Å²) in [5.41, 5.74) is 0.288. The van der Waals surface area contributed by atoms with E-state index in [0.717, 1.165) is 25.7 Å². The maximum Gasteiger partial charge on any atom is 0.238 e. The summed E-state index contributed by atoms with van der Waals surface area (Å²) in [4.78, 5) is 11.5. The van der Waals surface area contributed by atoms with E-state index >= 15 is 0 Å². The number of halogens is 1. The molecule has 1 aliphatic rings. The summed E-state index contributed by atoms with van der Waals surface area (Å²) in [6, 6.07) is 6.15. The quantitative estimate of drug-likeness (QED) is 0.916. The molecule has 4 nitrogen and oxygen atoms in total. The second-order valence-corrected chi connectivity index (χ2v) is 4.88. The van der Waals surface area contributed by atoms with E-state index in [1.165, 1.54) is 18.6 Å². The summed E-state index contributed by atoms with van der Waals surface area (Å²) >= 11 is 0. The van der Waals surface area contributed by atoms with Gasteiger partial charge in [0, 0.05) is 0 Å². The minimum Gasteiger partial charge on any atom is -0.485 e. The number of nitrogens with one attached hydrogen (secondary N) is 1. The number of ether oxygens (including phenoxy) is 1. The van der Waals surface area contributed by atoms with Crippen LogP contribution in [0.4, 0.5) is 10.1 Å². The first-order chi connectivity index (χ1) is 9.70. The van der Waals surface area contributed by atoms with Crippen LogP contribution in [0.5, 0.6) is 5.75 Å². The number of hydrogen-bond acceptors (Lipinski definition) is 3. The zero-order chi connectivity index (χ0) is 14.4. The normalized spacial score (nSPS) is 15.4. The van der Waals surface area contributed by atoms with Crippen LogP contribution in [0.3, 0.4) is 0 Å². The van der Waals surface area contributed by atoms with Gasteiger partial charge in [-0.3, -0.25) is 4.79 Å². The van der Waals surface area contributed by atoms with Gasteiger partial charge in [0.1, 0.15) is 6.42 Å². The van der Waals surface area contributed by atoms with Crippen molar-refractivity contribution in [1.82, 2.24) is 0 Å². The van der Waals surface area contributed by atoms with Gasteiger partial charge in [-0.2, -0.15) is 5.26 Å². The Morgan fingerprint density at radius 3 is 2.85 bits per heavy atom. The maximum absolute atomic E-state index is 13.9. The van der Waals surface area contributed by atoms with E-state index in [1.807, 2.05) is 0 Å². The van der Waals surface area contributed by atoms with Crippen molar-refractivity contribution in [2.75, 3.05) is 5.32 Å². The number of rotatable bonds is 4. The smallest absolute Gasteiger partial charge is 0.238 e. The standard InChI is InChI=1S/C15H17FN2O2/c16-12-7-4-8-13(18-14(19)9-10-17)15(12)20-11-5-2-1-3-6-11/h4,7-8,11H,1-3,5-6,9H2,(H,18,19). The Hall–Kier alpha value is -2.09. The first-order valence-electron chi connectivity index (χ1n) is 6.82. The predicted octanol–water partition coefficient (Wildman–Crippen LogP) is 3.39. The van der Waals surface area contributed by atoms with Crippen molar-refractivity contribution in [3.05, 3.63) is 24.0 Å². The summed E-state index contributed by atoms with van der Waals surface area (Å²) < 4.78 is 19.6. The SMILES string of the molecule is N#CCC(=O)Nc1cccc(F)c1OC1CCCCC1. The molecule has 0 heterocycles. The van der Waals surface area contributed by atoms with E-state index in [1.54, 1.807) is 12.1 Å². The third kappa shape index (κ3) is 3.70. The summed E-state index contributed by atoms with van der Waals surface area (Å²) in [7, 11) is 0. The molecule has 0 aliphatic heterocycles. The Kier molecular flexibility index (Phi) is 4.94. The molecule has 1 aliphatic carbocycles. The number of benzene rings is 1. The number of para-hydroxylation sites is 1. The van der Waals surface area contributed by atoms with Crippen LogP contribution in [0.1, 0.15) is 38.5 Å². The van der Waals surface area contributed by atoms with Crippen LogP contribution in [0.25, 0.3) is 0 Å². The van der Waals surface area contributed by atoms with E-state index < -0.39 is 11.7 Å². The molecule has 0 saturated heterocycles. The van der Waals surface area contributed by atoms with E-state index in [-0.39, 0.29) is 24.0 Å². The fourth-order valence-electron chi connectivity index (χ4n) is 2.34. The van der Waals surface area contributed by atoms with Gasteiger partial charge in [0.25, 0.3) is 0 Å². The number of amides is 1. The molecule has 1 saturated carbocycles. The molecule has 1 N–H and O–H groups in total. The highest BCUT2D eigenvalue weighted by atomic mass is 19.1. The van der Waals surface area contributed by atoms with Crippen molar-refractivity contribution in [1.29, 1.82) is 5.26 Å². The number of carbonyl (C=O) groups excluding carboxylic acids is 1. The zero-order valence-corrected chi connectivity index (χ0v) is 11.2. The van der Waals surface area contributed by atoms with Gasteiger partial charge < -0.3 is 10.1 Å². The lowest BCUT2D eigenvalue weighted by Crippen LogP contribution is -2.21. The van der Waals surface area contributed by atoms with Crippen LogP contribution >= 0.6 is 0 Å². The van der Waals surface area contributed by atoms with E-state index in [2.05, 4.69) is 5.32 Å². The van der Waals surface area contributed by atoms with Crippen LogP contribution in [0.2, 0.25) is 0 Å². The van der Waals surface area contributed by atoms with Gasteiger partial charge in [0.15, 0.2) is 11.6 Å². The maximum atomic E-state index is 13.9. The Morgan fingerprint density at radius 1 is 1.40 bits per heavy atom. The molecule has 1 amide bonds. The average molecular weight is 276 g/mol. The molecule has 2 rings (SSSR count). The lowest BCUT2D eigenvalue weighted by molar-refractivity contribution is -0.115. The van der Waals surface area contributed by atoms with Gasteiger partial charge in [0.05, 0.1) is 17.9 Å². The Morgan fingerprint density at radius 2 is 2.15 bits per heavy atom. The first-order valence-corrected chi connectivity index (χ1v) is 6.82. The molecular weight excluding hydrogens is 259 g/mol. The van der Waals surface area contributed by atoms with Crippen molar-refractivity contribution in [2.45, 2.75) is 44.6 Å². The van der Waals surface area contributed by atoms with Crippen LogP contribution in [0.15, 0.2) is 18.2 Å². The van der Waals surface area contributed by atoms with Crippen molar-refractivity contribution in [3.63, 3.8) is 0 Å². The van der Waals surface area contributed by atoms with Crippen LogP contribution < -0.4 is 10.1 Å². The van der Waals surface area contributed by atoms with Gasteiger partial charge in [-0.25, -0.2) is 4.39 Å². The van der Waals surface area contributed by atoms with Crippen molar-refractivity contribution in [3.8, 4) is 11.8 Å². The predicted molar refractivity (Wildman–Crippen MR) is 72.8 cm³/mol. The molecule has 0 bridgehead atoms. The molecule has 0 aromatic heterocycles. The second kappa shape index (κ2) is 6.90. The molecule has 1 aromatic rings. The number of hydrogen-bond donors (Lipinski definition) is 1. The first kappa shape index (κ1) is 14.3. The van der Waals surface area contributed by atoms with Crippen molar-refractivity contribution in [2.24, 2.45) is 0 Å². The van der Waals surface area contributed by atoms with Crippen molar-refractivity contribution < 1.29 is 13.9 Å². The van der Waals surface area contributed by atoms with Crippen LogP contribution in [-0.2, 0) is 4.79 Å². The molecule has 20 heavy (non-hydrogen) atoms. The van der Waals surface area contributed by atoms with E-state index in [4.69, 9.17) is 10.00 Å². The van der Waals surface area contributed by atoms with Gasteiger partial charge in [-0.15, -0.1) is 0 Å². The molecule has 0 unspecified atom stereocenters. The minimum absolute atomic E-state index is 0.00716. The van der Waals surface area contributed by atoms with E-state index in [9.17, 15) is 9.18 Å². The molecular formula is C15H17FN2O2. The molecule has 106 valence electrons. The zero-order valence-electron chi connectivity index (χ0n) is 11.2. The van der Waals surface area contributed by atoms with Gasteiger partial charge in [-0.1, -0.05) is 12.5 Å². The highest BCUT2D eigenvalue weighted by Crippen LogP contribution is 2.31. The van der Waals surface area contributed by atoms with Crippen LogP contribution in [0, 0.1) is 17.1 Å². The Bertz CT molecular complexity index is 519. The molecule has 0 radical (unpaired) electrons. The minimum atomic E-state index is -0.495. The molecule has 0 spiro atoms. The summed E-state index contributed by atoms with van der Waals surface area (Å²) in [6.45, 7) is 0. The summed E-state index contributed by atoms with van der Waals surface area (Å²) in [5, 5.41) is 11.0. The Balaban J connectivity index is 2.13. The molecule has 5 heteroatoms. The lowest BCUT2D eigenvalue weighted by atomic mass is 9.98. The largest absolute Gasteiger partial charge is 0.485 e. The monoisotopic (exact) mass is 276 g/mol. The highest BCUT2D eigenvalue weighted by Gasteiger charge is 2.19. The summed E-state index contributed by atoms with van der Waals surface area (Å²) in [5.74, 6) is -0.886. The number of nitriles is 1. The van der Waals surface area contributed by atoms with Gasteiger partial charge >= 0.3 is 0 Å². The third-order valence-electron chi connectivity index (χ3n) is 3.32. The van der Waals surface area contributed by atoms with E-state index in [0.29, 0.717) is 0 Å². The van der Waals surface area contributed by atoms with Crippen LogP contribution in [-0.4, -0.2) is 12.0 Å². The highest BCUT2D eigenvalue weighted by molar-refractivity contribution is 5.93. The topological polar surface area (TPSA) is 62.1 Å². The second-order valence-electron chi connectivity index (χ2n) is 4.88. The molecule has 1 fully saturated rings. The summed E-state index contributed by atoms with van der Waals surface area (Å²) in [6.07, 6.45) is 4.87. The average Bonchev–Trinajstić information content (AvgIpc) is 2.44. The molecule has 0 atom stereocenters. The lowest BCUT2D eigenvalue weighted by Gasteiger charge is -2.24. The van der Waals surface area contributed by atoms with Crippen molar-refractivity contribution >= 4 is 11.6 Å². The molecule has 1 aromatic carbocycles. The fourth-order valence-corrected chi connectivity index (χ4v) is 2.34. The number of nitrogens with zero attached hydrogens (tertiary/aromatic N) is 1. The number of anilines is 1. The fraction of sp³-hybridized carbons (Fsp3) is 0.467. The van der Waals surface area contributed by atoms with Gasteiger partial charge in [0.2, 0.25) is 5.91 Å². The Labute approximate surface area is 117 Å². The van der Waals surface area contributed by atoms with Gasteiger partial charge in [-0.05, 0) is 37.8 Å². The number of carbonyl (C=O) groups is 1.